The molecule has 5 rings (SSSR count). The maximum Gasteiger partial charge on any atom is 0.243 e. The number of fused-ring (bicyclic) bond motifs is 1. The first kappa shape index (κ1) is 27.5. The Hall–Kier alpha value is -4.04. The normalized spacial score (nSPS) is 14.8. The average molecular weight is 569 g/mol. The van der Waals surface area contributed by atoms with Gasteiger partial charge in [0.25, 0.3) is 0 Å². The minimum atomic E-state index is -4.11. The van der Waals surface area contributed by atoms with E-state index in [4.69, 9.17) is 14.2 Å². The molecule has 0 radical (unpaired) electrons. The van der Waals surface area contributed by atoms with Crippen molar-refractivity contribution in [1.29, 1.82) is 0 Å². The standard InChI is InChI=1S/C26H32N8O5S/c1-15-13-27-24(28-14-15)23(39-5)16(2)40(35,36)33-26-32-31-25(21-17-9-6-7-10-18(17)29-30-21)34(26)22-19(37-3)11-8-12-20(22)38-4/h8,11-14,16,23H,6-7,9-10H2,1-5H3,(H,29,30)(H,32,33). The summed E-state index contributed by atoms with van der Waals surface area (Å²) in [5.74, 6) is 1.40. The minimum Gasteiger partial charge on any atom is -0.494 e. The van der Waals surface area contributed by atoms with Crippen molar-refractivity contribution in [3.8, 4) is 28.7 Å². The lowest BCUT2D eigenvalue weighted by Gasteiger charge is -2.23. The summed E-state index contributed by atoms with van der Waals surface area (Å²) in [5, 5.41) is 15.3. The van der Waals surface area contributed by atoms with E-state index in [-0.39, 0.29) is 11.8 Å². The first-order valence-electron chi connectivity index (χ1n) is 12.8. The summed E-state index contributed by atoms with van der Waals surface area (Å²) in [6.07, 6.45) is 6.07. The molecule has 1 aromatic carbocycles. The zero-order valence-electron chi connectivity index (χ0n) is 23.0. The van der Waals surface area contributed by atoms with Crippen molar-refractivity contribution in [2.75, 3.05) is 26.1 Å². The molecule has 4 aromatic rings. The van der Waals surface area contributed by atoms with Crippen LogP contribution in [-0.2, 0) is 27.6 Å². The van der Waals surface area contributed by atoms with E-state index in [1.54, 1.807) is 35.2 Å². The molecule has 0 amide bonds. The van der Waals surface area contributed by atoms with Crippen LogP contribution < -0.4 is 14.2 Å². The van der Waals surface area contributed by atoms with Gasteiger partial charge in [-0.05, 0) is 57.2 Å². The van der Waals surface area contributed by atoms with Crippen molar-refractivity contribution in [2.24, 2.45) is 0 Å². The lowest BCUT2D eigenvalue weighted by molar-refractivity contribution is 0.0949. The molecule has 14 heteroatoms. The van der Waals surface area contributed by atoms with Gasteiger partial charge in [-0.2, -0.15) is 5.10 Å². The second-order valence-electron chi connectivity index (χ2n) is 9.56. The summed E-state index contributed by atoms with van der Waals surface area (Å²) >= 11 is 0. The number of H-pyrrole nitrogens is 1. The molecule has 2 unspecified atom stereocenters. The van der Waals surface area contributed by atoms with Crippen molar-refractivity contribution in [1.82, 2.24) is 34.9 Å². The number of hydrogen-bond donors (Lipinski definition) is 2. The molecule has 2 atom stereocenters. The first-order chi connectivity index (χ1) is 19.3. The van der Waals surface area contributed by atoms with Gasteiger partial charge < -0.3 is 14.2 Å². The SMILES string of the molecule is COc1cccc(OC)c1-n1c(NS(=O)(=O)C(C)C(OC)c2ncc(C)cn2)nnc1-c1n[nH]c2c1CCCC2. The Morgan fingerprint density at radius 3 is 2.35 bits per heavy atom. The molecular weight excluding hydrogens is 536 g/mol. The van der Waals surface area contributed by atoms with E-state index in [1.807, 2.05) is 6.92 Å². The Morgan fingerprint density at radius 1 is 1.02 bits per heavy atom. The van der Waals surface area contributed by atoms with Crippen LogP contribution in [0.3, 0.4) is 0 Å². The maximum absolute atomic E-state index is 13.7. The van der Waals surface area contributed by atoms with Crippen LogP contribution in [0, 0.1) is 6.92 Å². The Kier molecular flexibility index (Phi) is 7.72. The van der Waals surface area contributed by atoms with Gasteiger partial charge >= 0.3 is 0 Å². The monoisotopic (exact) mass is 568 g/mol. The highest BCUT2D eigenvalue weighted by Crippen LogP contribution is 2.39. The molecule has 40 heavy (non-hydrogen) atoms. The molecule has 13 nitrogen and oxygen atoms in total. The van der Waals surface area contributed by atoms with Gasteiger partial charge in [0, 0.05) is 30.8 Å². The van der Waals surface area contributed by atoms with Gasteiger partial charge in [0.1, 0.15) is 34.2 Å². The lowest BCUT2D eigenvalue weighted by atomic mass is 9.96. The molecule has 1 aliphatic rings. The van der Waals surface area contributed by atoms with Gasteiger partial charge in [0.15, 0.2) is 11.6 Å². The number of anilines is 1. The van der Waals surface area contributed by atoms with E-state index in [0.717, 1.165) is 42.5 Å². The number of rotatable bonds is 10. The third-order valence-corrected chi connectivity index (χ3v) is 8.71. The summed E-state index contributed by atoms with van der Waals surface area (Å²) in [6.45, 7) is 3.37. The Bertz CT molecular complexity index is 1580. The number of ether oxygens (including phenoxy) is 3. The zero-order valence-corrected chi connectivity index (χ0v) is 23.8. The lowest BCUT2D eigenvalue weighted by Crippen LogP contribution is -2.33. The van der Waals surface area contributed by atoms with Crippen LogP contribution in [0.1, 0.15) is 48.5 Å². The number of aryl methyl sites for hydroxylation is 2. The number of nitrogens with one attached hydrogen (secondary N) is 2. The van der Waals surface area contributed by atoms with Crippen molar-refractivity contribution in [3.05, 3.63) is 53.2 Å². The smallest absolute Gasteiger partial charge is 0.243 e. The van der Waals surface area contributed by atoms with Crippen LogP contribution >= 0.6 is 0 Å². The third-order valence-electron chi connectivity index (χ3n) is 7.02. The van der Waals surface area contributed by atoms with E-state index in [0.29, 0.717) is 28.7 Å². The van der Waals surface area contributed by atoms with Crippen molar-refractivity contribution < 1.29 is 22.6 Å². The zero-order chi connectivity index (χ0) is 28.4. The molecule has 1 aliphatic carbocycles. The highest BCUT2D eigenvalue weighted by Gasteiger charge is 2.35. The van der Waals surface area contributed by atoms with Gasteiger partial charge in [-0.1, -0.05) is 6.07 Å². The molecule has 3 heterocycles. The molecule has 0 fully saturated rings. The number of benzene rings is 1. The summed E-state index contributed by atoms with van der Waals surface area (Å²) in [5.41, 5.74) is 3.94. The van der Waals surface area contributed by atoms with E-state index in [9.17, 15) is 8.42 Å². The molecule has 2 N–H and O–H groups in total. The van der Waals surface area contributed by atoms with Crippen LogP contribution in [0.25, 0.3) is 17.2 Å². The number of methoxy groups -OCH3 is 3. The van der Waals surface area contributed by atoms with Crippen molar-refractivity contribution >= 4 is 16.0 Å². The Labute approximate surface area is 232 Å². The fourth-order valence-corrected chi connectivity index (χ4v) is 6.00. The van der Waals surface area contributed by atoms with Gasteiger partial charge in [-0.15, -0.1) is 10.2 Å². The Balaban J connectivity index is 1.63. The Morgan fingerprint density at radius 2 is 1.70 bits per heavy atom. The van der Waals surface area contributed by atoms with Crippen LogP contribution in [0.4, 0.5) is 5.95 Å². The molecule has 212 valence electrons. The minimum absolute atomic E-state index is 0.0584. The summed E-state index contributed by atoms with van der Waals surface area (Å²) in [7, 11) is 0.350. The quantitative estimate of drug-likeness (QED) is 0.291. The maximum atomic E-state index is 13.7. The summed E-state index contributed by atoms with van der Waals surface area (Å²) in [4.78, 5) is 8.55. The second kappa shape index (κ2) is 11.2. The largest absolute Gasteiger partial charge is 0.494 e. The van der Waals surface area contributed by atoms with Crippen molar-refractivity contribution in [3.63, 3.8) is 0 Å². The molecular formula is C26H32N8O5S. The van der Waals surface area contributed by atoms with E-state index in [2.05, 4.69) is 35.1 Å². The molecule has 0 bridgehead atoms. The number of para-hydroxylation sites is 1. The van der Waals surface area contributed by atoms with Gasteiger partial charge in [-0.3, -0.25) is 14.4 Å². The molecule has 0 spiro atoms. The topological polar surface area (TPSA) is 159 Å². The van der Waals surface area contributed by atoms with Crippen LogP contribution in [0.15, 0.2) is 30.6 Å². The number of aromatic nitrogens is 7. The number of nitrogens with zero attached hydrogens (tertiary/aromatic N) is 6. The van der Waals surface area contributed by atoms with E-state index < -0.39 is 21.4 Å². The van der Waals surface area contributed by atoms with E-state index >= 15 is 0 Å². The molecule has 0 saturated carbocycles. The highest BCUT2D eigenvalue weighted by atomic mass is 32.2. The van der Waals surface area contributed by atoms with Crippen LogP contribution in [0.2, 0.25) is 0 Å². The van der Waals surface area contributed by atoms with Crippen LogP contribution in [0.5, 0.6) is 11.5 Å². The summed E-state index contributed by atoms with van der Waals surface area (Å²) < 4.78 is 48.5. The molecule has 0 aliphatic heterocycles. The number of aromatic amines is 1. The van der Waals surface area contributed by atoms with Gasteiger partial charge in [0.2, 0.25) is 16.0 Å². The fraction of sp³-hybridized carbons (Fsp3) is 0.423. The number of hydrogen-bond acceptors (Lipinski definition) is 10. The van der Waals surface area contributed by atoms with Crippen molar-refractivity contribution in [2.45, 2.75) is 50.9 Å². The predicted octanol–water partition coefficient (Wildman–Crippen LogP) is 3.17. The highest BCUT2D eigenvalue weighted by molar-refractivity contribution is 7.93. The molecule has 3 aromatic heterocycles. The second-order valence-corrected chi connectivity index (χ2v) is 11.6. The average Bonchev–Trinajstić information content (AvgIpc) is 3.57. The molecule has 0 saturated heterocycles. The predicted molar refractivity (Wildman–Crippen MR) is 147 cm³/mol. The van der Waals surface area contributed by atoms with E-state index in [1.165, 1.54) is 28.3 Å². The summed E-state index contributed by atoms with van der Waals surface area (Å²) in [6, 6.07) is 5.27. The number of sulfonamides is 1. The first-order valence-corrected chi connectivity index (χ1v) is 14.4. The fourth-order valence-electron chi connectivity index (χ4n) is 4.87. The van der Waals surface area contributed by atoms with Gasteiger partial charge in [-0.25, -0.2) is 18.4 Å². The van der Waals surface area contributed by atoms with Gasteiger partial charge in [0.05, 0.1) is 14.2 Å². The van der Waals surface area contributed by atoms with Crippen LogP contribution in [-0.4, -0.2) is 69.9 Å². The third kappa shape index (κ3) is 4.99.